The molecule has 5 rings (SSSR count). The minimum atomic E-state index is -0.743. The molecule has 0 saturated carbocycles. The van der Waals surface area contributed by atoms with Crippen LogP contribution in [-0.2, 0) is 16.1 Å². The van der Waals surface area contributed by atoms with Gasteiger partial charge in [-0.1, -0.05) is 41.7 Å². The number of carbonyl (C=O) groups is 1. The Morgan fingerprint density at radius 2 is 1.90 bits per heavy atom. The summed E-state index contributed by atoms with van der Waals surface area (Å²) in [6, 6.07) is 12.7. The summed E-state index contributed by atoms with van der Waals surface area (Å²) in [5.74, 6) is 0.572. The lowest BCUT2D eigenvalue weighted by Crippen LogP contribution is -2.39. The fraction of sp³-hybridized carbons (Fsp3) is 0.233. The number of allylic oxidation sites excluding steroid dienone is 1. The summed E-state index contributed by atoms with van der Waals surface area (Å²) >= 11 is 1.28. The maximum atomic E-state index is 13.9. The van der Waals surface area contributed by atoms with Crippen LogP contribution in [0, 0.1) is 0 Å². The van der Waals surface area contributed by atoms with Gasteiger partial charge in [-0.2, -0.15) is 0 Å². The number of hydrogen-bond donors (Lipinski definition) is 0. The predicted octanol–water partition coefficient (Wildman–Crippen LogP) is 3.96. The number of nitrogens with zero attached hydrogens (tertiary/aromatic N) is 3. The topological polar surface area (TPSA) is 84.0 Å². The van der Waals surface area contributed by atoms with Gasteiger partial charge in [0.15, 0.2) is 16.3 Å². The fourth-order valence-electron chi connectivity index (χ4n) is 4.81. The fourth-order valence-corrected chi connectivity index (χ4v) is 5.77. The first kappa shape index (κ1) is 26.2. The molecule has 9 heteroatoms. The molecule has 0 fully saturated rings. The van der Waals surface area contributed by atoms with E-state index in [1.165, 1.54) is 24.6 Å². The lowest BCUT2D eigenvalue weighted by atomic mass is 9.97. The third-order valence-corrected chi connectivity index (χ3v) is 7.44. The van der Waals surface area contributed by atoms with Gasteiger partial charge in [-0.25, -0.2) is 9.79 Å². The molecule has 1 aliphatic heterocycles. The summed E-state index contributed by atoms with van der Waals surface area (Å²) in [4.78, 5) is 31.7. The Labute approximate surface area is 229 Å². The molecule has 8 nitrogen and oxygen atoms in total. The van der Waals surface area contributed by atoms with Crippen molar-refractivity contribution in [2.75, 3.05) is 20.3 Å². The van der Waals surface area contributed by atoms with Crippen molar-refractivity contribution >= 4 is 34.3 Å². The van der Waals surface area contributed by atoms with Crippen LogP contribution in [0.5, 0.6) is 11.5 Å². The first-order valence-electron chi connectivity index (χ1n) is 12.7. The average molecular weight is 544 g/mol. The minimum Gasteiger partial charge on any atom is -0.490 e. The largest absolute Gasteiger partial charge is 0.490 e. The van der Waals surface area contributed by atoms with Crippen LogP contribution in [0.1, 0.15) is 31.0 Å². The van der Waals surface area contributed by atoms with Crippen LogP contribution in [0.2, 0.25) is 0 Å². The molecular formula is C30H29N3O5S. The number of hydrogen-bond acceptors (Lipinski definition) is 7. The Hall–Kier alpha value is -4.37. The van der Waals surface area contributed by atoms with E-state index in [1.54, 1.807) is 16.7 Å². The van der Waals surface area contributed by atoms with Gasteiger partial charge in [0.2, 0.25) is 0 Å². The van der Waals surface area contributed by atoms with Gasteiger partial charge < -0.3 is 18.8 Å². The van der Waals surface area contributed by atoms with E-state index in [0.717, 1.165) is 16.5 Å². The summed E-state index contributed by atoms with van der Waals surface area (Å²) < 4.78 is 20.8. The maximum Gasteiger partial charge on any atom is 0.337 e. The molecule has 2 aromatic carbocycles. The first-order valence-corrected chi connectivity index (χ1v) is 13.5. The van der Waals surface area contributed by atoms with E-state index in [4.69, 9.17) is 14.2 Å². The van der Waals surface area contributed by atoms with Crippen LogP contribution in [0.4, 0.5) is 0 Å². The number of carbonyl (C=O) groups excluding carboxylic acids is 1. The van der Waals surface area contributed by atoms with Crippen molar-refractivity contribution < 1.29 is 19.0 Å². The number of aromatic nitrogens is 2. The van der Waals surface area contributed by atoms with Crippen molar-refractivity contribution in [2.45, 2.75) is 26.4 Å². The lowest BCUT2D eigenvalue weighted by molar-refractivity contribution is -0.136. The molecule has 3 heterocycles. The first-order chi connectivity index (χ1) is 19.0. The van der Waals surface area contributed by atoms with Crippen molar-refractivity contribution in [3.8, 4) is 11.5 Å². The normalized spacial score (nSPS) is 14.9. The monoisotopic (exact) mass is 543 g/mol. The van der Waals surface area contributed by atoms with Gasteiger partial charge in [0.1, 0.15) is 0 Å². The zero-order valence-electron chi connectivity index (χ0n) is 22.0. The Kier molecular flexibility index (Phi) is 7.51. The average Bonchev–Trinajstić information content (AvgIpc) is 3.46. The summed E-state index contributed by atoms with van der Waals surface area (Å²) in [6.45, 7) is 9.21. The maximum absolute atomic E-state index is 13.9. The Bertz CT molecular complexity index is 1780. The third-order valence-electron chi connectivity index (χ3n) is 6.44. The minimum absolute atomic E-state index is 0.245. The zero-order chi connectivity index (χ0) is 27.5. The zero-order valence-corrected chi connectivity index (χ0v) is 22.9. The van der Waals surface area contributed by atoms with Crippen LogP contribution < -0.4 is 24.4 Å². The van der Waals surface area contributed by atoms with Crippen LogP contribution in [0.3, 0.4) is 0 Å². The van der Waals surface area contributed by atoms with E-state index < -0.39 is 12.0 Å². The number of rotatable bonds is 9. The molecule has 1 aliphatic rings. The molecule has 200 valence electrons. The molecule has 0 spiro atoms. The second-order valence-electron chi connectivity index (χ2n) is 8.79. The third kappa shape index (κ3) is 4.81. The van der Waals surface area contributed by atoms with Crippen molar-refractivity contribution in [1.29, 1.82) is 0 Å². The summed E-state index contributed by atoms with van der Waals surface area (Å²) in [7, 11) is 1.31. The number of fused-ring (bicyclic) bond motifs is 2. The highest BCUT2D eigenvalue weighted by atomic mass is 32.1. The Morgan fingerprint density at radius 1 is 1.13 bits per heavy atom. The van der Waals surface area contributed by atoms with Crippen molar-refractivity contribution in [3.63, 3.8) is 0 Å². The van der Waals surface area contributed by atoms with Crippen LogP contribution >= 0.6 is 11.3 Å². The molecule has 0 amide bonds. The molecule has 2 aromatic heterocycles. The van der Waals surface area contributed by atoms with Crippen LogP contribution in [0.15, 0.2) is 82.9 Å². The van der Waals surface area contributed by atoms with Gasteiger partial charge in [-0.3, -0.25) is 9.36 Å². The molecule has 0 saturated heterocycles. The second-order valence-corrected chi connectivity index (χ2v) is 9.80. The summed E-state index contributed by atoms with van der Waals surface area (Å²) in [5, 5.41) is 1.03. The number of esters is 1. The molecule has 39 heavy (non-hydrogen) atoms. The molecule has 4 aromatic rings. The van der Waals surface area contributed by atoms with E-state index >= 15 is 0 Å². The number of ether oxygens (including phenoxy) is 3. The Balaban J connectivity index is 1.70. The lowest BCUT2D eigenvalue weighted by Gasteiger charge is -2.23. The SMILES string of the molecule is C=CCn1cc(/C=c2/sc3n(c2=O)[C@H](c2ccc(OCC)c(OCC)c2)C(C(=O)OC)=CN=3)c2ccccc21. The predicted molar refractivity (Wildman–Crippen MR) is 152 cm³/mol. The van der Waals surface area contributed by atoms with Crippen LogP contribution in [-0.4, -0.2) is 35.4 Å². The van der Waals surface area contributed by atoms with Gasteiger partial charge in [0.05, 0.1) is 36.5 Å². The second kappa shape index (κ2) is 11.2. The van der Waals surface area contributed by atoms with Crippen LogP contribution in [0.25, 0.3) is 17.0 Å². The highest BCUT2D eigenvalue weighted by Gasteiger charge is 2.31. The number of methoxy groups -OCH3 is 1. The van der Waals surface area contributed by atoms with Crippen molar-refractivity contribution in [1.82, 2.24) is 9.13 Å². The molecule has 0 radical (unpaired) electrons. The van der Waals surface area contributed by atoms with E-state index in [9.17, 15) is 9.59 Å². The van der Waals surface area contributed by atoms with E-state index in [0.29, 0.717) is 46.2 Å². The molecule has 0 bridgehead atoms. The summed E-state index contributed by atoms with van der Waals surface area (Å²) in [5.41, 5.74) is 2.67. The van der Waals surface area contributed by atoms with Gasteiger partial charge in [0, 0.05) is 35.4 Å². The Morgan fingerprint density at radius 3 is 2.64 bits per heavy atom. The number of thiazole rings is 1. The van der Waals surface area contributed by atoms with Gasteiger partial charge in [-0.15, -0.1) is 6.58 Å². The number of para-hydroxylation sites is 1. The molecular weight excluding hydrogens is 514 g/mol. The molecule has 0 aliphatic carbocycles. The number of benzene rings is 2. The standard InChI is InChI=1S/C30H29N3O5S/c1-5-14-32-18-20(21-10-8-9-11-23(21)32)16-26-28(34)33-27(22(29(35)36-4)17-31-30(33)39-26)19-12-13-24(37-6-2)25(15-19)38-7-3/h5,8-13,15-18,27H,1,6-7,14H2,2-4H3/b26-16+/t27-/m1/s1. The quantitative estimate of drug-likeness (QED) is 0.236. The van der Waals surface area contributed by atoms with E-state index in [-0.39, 0.29) is 11.1 Å². The molecule has 0 N–H and O–H groups in total. The molecule has 0 unspecified atom stereocenters. The van der Waals surface area contributed by atoms with Gasteiger partial charge >= 0.3 is 5.97 Å². The van der Waals surface area contributed by atoms with E-state index in [2.05, 4.69) is 16.1 Å². The van der Waals surface area contributed by atoms with Gasteiger partial charge in [-0.05, 0) is 43.7 Å². The highest BCUT2D eigenvalue weighted by molar-refractivity contribution is 7.07. The van der Waals surface area contributed by atoms with E-state index in [1.807, 2.05) is 62.5 Å². The highest BCUT2D eigenvalue weighted by Crippen LogP contribution is 2.35. The van der Waals surface area contributed by atoms with Gasteiger partial charge in [0.25, 0.3) is 5.56 Å². The van der Waals surface area contributed by atoms with Crippen molar-refractivity contribution in [2.24, 2.45) is 4.99 Å². The molecule has 1 atom stereocenters. The van der Waals surface area contributed by atoms with Crippen molar-refractivity contribution in [3.05, 3.63) is 104 Å². The smallest absolute Gasteiger partial charge is 0.337 e. The summed E-state index contributed by atoms with van der Waals surface area (Å²) in [6.07, 6.45) is 7.22.